The number of amides is 1. The van der Waals surface area contributed by atoms with Gasteiger partial charge >= 0.3 is 5.63 Å². The predicted molar refractivity (Wildman–Crippen MR) is 66.5 cm³/mol. The molecule has 1 heterocycles. The molecule has 1 N–H and O–H groups in total. The molecule has 0 bridgehead atoms. The Kier molecular flexibility index (Phi) is 3.62. The summed E-state index contributed by atoms with van der Waals surface area (Å²) in [5.74, 6) is -1.07. The Morgan fingerprint density at radius 3 is 2.84 bits per heavy atom. The molecule has 6 heteroatoms. The smallest absolute Gasteiger partial charge is 0.349 e. The number of carbonyl (C=O) groups is 1. The molecule has 0 unspecified atom stereocenters. The highest BCUT2D eigenvalue weighted by Crippen LogP contribution is 2.15. The maximum absolute atomic E-state index is 13.0. The Bertz CT molecular complexity index is 680. The summed E-state index contributed by atoms with van der Waals surface area (Å²) < 4.78 is 17.9. The molecule has 0 saturated carbocycles. The Hall–Kier alpha value is -2.21. The minimum Gasteiger partial charge on any atom is -0.422 e. The molecule has 0 aliphatic heterocycles. The first-order valence-electron chi connectivity index (χ1n) is 5.62. The molecule has 0 aliphatic carbocycles. The van der Waals surface area contributed by atoms with Crippen molar-refractivity contribution in [3.05, 3.63) is 46.1 Å². The number of halogens is 1. The molecule has 2 rings (SSSR count). The van der Waals surface area contributed by atoms with Crippen LogP contribution in [-0.4, -0.2) is 36.1 Å². The van der Waals surface area contributed by atoms with Crippen LogP contribution in [0.15, 0.2) is 33.5 Å². The van der Waals surface area contributed by atoms with Gasteiger partial charge in [-0.15, -0.1) is 0 Å². The maximum atomic E-state index is 13.0. The summed E-state index contributed by atoms with van der Waals surface area (Å²) >= 11 is 0. The maximum Gasteiger partial charge on any atom is 0.349 e. The predicted octanol–water partition coefficient (Wildman–Crippen LogP) is 0.996. The third-order valence-corrected chi connectivity index (χ3v) is 2.71. The Labute approximate surface area is 107 Å². The van der Waals surface area contributed by atoms with Crippen molar-refractivity contribution in [2.24, 2.45) is 0 Å². The number of hydrogen-bond acceptors (Lipinski definition) is 4. The summed E-state index contributed by atoms with van der Waals surface area (Å²) in [6, 6.07) is 5.09. The lowest BCUT2D eigenvalue weighted by Crippen LogP contribution is -2.32. The minimum absolute atomic E-state index is 0.0892. The Morgan fingerprint density at radius 2 is 2.16 bits per heavy atom. The largest absolute Gasteiger partial charge is 0.422 e. The lowest BCUT2D eigenvalue weighted by atomic mass is 10.1. The van der Waals surface area contributed by atoms with Crippen molar-refractivity contribution in [2.45, 2.75) is 0 Å². The molecule has 0 aliphatic rings. The number of hydrogen-bond donors (Lipinski definition) is 1. The summed E-state index contributed by atoms with van der Waals surface area (Å²) in [6.07, 6.45) is 0. The summed E-state index contributed by atoms with van der Waals surface area (Å²) in [4.78, 5) is 24.9. The minimum atomic E-state index is -0.826. The summed E-state index contributed by atoms with van der Waals surface area (Å²) in [6.45, 7) is -0.0912. The van der Waals surface area contributed by atoms with Crippen LogP contribution in [0.2, 0.25) is 0 Å². The molecule has 0 spiro atoms. The zero-order chi connectivity index (χ0) is 14.0. The third-order valence-electron chi connectivity index (χ3n) is 2.71. The van der Waals surface area contributed by atoms with Crippen molar-refractivity contribution in [3.8, 4) is 0 Å². The summed E-state index contributed by atoms with van der Waals surface area (Å²) in [7, 11) is 1.47. The van der Waals surface area contributed by atoms with E-state index in [2.05, 4.69) is 0 Å². The van der Waals surface area contributed by atoms with Crippen LogP contribution in [0.5, 0.6) is 0 Å². The monoisotopic (exact) mass is 265 g/mol. The van der Waals surface area contributed by atoms with E-state index in [1.165, 1.54) is 30.1 Å². The van der Waals surface area contributed by atoms with E-state index in [9.17, 15) is 14.0 Å². The van der Waals surface area contributed by atoms with Gasteiger partial charge in [0, 0.05) is 25.0 Å². The molecule has 5 nitrogen and oxygen atoms in total. The van der Waals surface area contributed by atoms with Crippen molar-refractivity contribution in [1.29, 1.82) is 0 Å². The van der Waals surface area contributed by atoms with Gasteiger partial charge in [-0.2, -0.15) is 0 Å². The number of nitrogens with zero attached hydrogens (tertiary/aromatic N) is 1. The van der Waals surface area contributed by atoms with Crippen LogP contribution in [-0.2, 0) is 0 Å². The van der Waals surface area contributed by atoms with Crippen LogP contribution in [0.1, 0.15) is 10.4 Å². The molecule has 0 fully saturated rings. The van der Waals surface area contributed by atoms with Crippen LogP contribution in [0.25, 0.3) is 11.0 Å². The van der Waals surface area contributed by atoms with Gasteiger partial charge in [-0.25, -0.2) is 9.18 Å². The molecule has 0 atom stereocenters. The van der Waals surface area contributed by atoms with Gasteiger partial charge in [0.2, 0.25) is 0 Å². The third kappa shape index (κ3) is 2.63. The highest BCUT2D eigenvalue weighted by molar-refractivity contribution is 5.96. The van der Waals surface area contributed by atoms with Crippen LogP contribution in [0.4, 0.5) is 4.39 Å². The average molecular weight is 265 g/mol. The second kappa shape index (κ2) is 5.19. The van der Waals surface area contributed by atoms with E-state index in [0.29, 0.717) is 5.39 Å². The van der Waals surface area contributed by atoms with Crippen LogP contribution < -0.4 is 5.63 Å². The normalized spacial score (nSPS) is 10.7. The quantitative estimate of drug-likeness (QED) is 0.840. The number of fused-ring (bicyclic) bond motifs is 1. The molecule has 0 saturated heterocycles. The van der Waals surface area contributed by atoms with Crippen molar-refractivity contribution >= 4 is 16.9 Å². The van der Waals surface area contributed by atoms with Gasteiger partial charge in [0.05, 0.1) is 6.61 Å². The molecule has 1 aromatic carbocycles. The van der Waals surface area contributed by atoms with Crippen molar-refractivity contribution < 1.29 is 18.7 Å². The number of aliphatic hydroxyl groups is 1. The Morgan fingerprint density at radius 1 is 1.42 bits per heavy atom. The molecule has 0 radical (unpaired) electrons. The SMILES string of the molecule is CN(CCO)C(=O)c1cc2ccc(F)cc2oc1=O. The van der Waals surface area contributed by atoms with E-state index in [0.717, 1.165) is 6.07 Å². The van der Waals surface area contributed by atoms with Gasteiger partial charge < -0.3 is 14.4 Å². The topological polar surface area (TPSA) is 70.8 Å². The van der Waals surface area contributed by atoms with E-state index in [4.69, 9.17) is 9.52 Å². The lowest BCUT2D eigenvalue weighted by molar-refractivity contribution is 0.0763. The van der Waals surface area contributed by atoms with Crippen molar-refractivity contribution in [2.75, 3.05) is 20.2 Å². The molecule has 2 aromatic rings. The molecular weight excluding hydrogens is 253 g/mol. The van der Waals surface area contributed by atoms with E-state index in [1.54, 1.807) is 0 Å². The zero-order valence-corrected chi connectivity index (χ0v) is 10.2. The first-order valence-corrected chi connectivity index (χ1v) is 5.62. The van der Waals surface area contributed by atoms with Gasteiger partial charge in [-0.05, 0) is 18.2 Å². The van der Waals surface area contributed by atoms with Crippen molar-refractivity contribution in [3.63, 3.8) is 0 Å². The molecule has 1 amide bonds. The second-order valence-corrected chi connectivity index (χ2v) is 4.08. The fourth-order valence-corrected chi connectivity index (χ4v) is 1.69. The van der Waals surface area contributed by atoms with Crippen LogP contribution in [0, 0.1) is 5.82 Å². The van der Waals surface area contributed by atoms with Gasteiger partial charge in [-0.1, -0.05) is 0 Å². The highest BCUT2D eigenvalue weighted by Gasteiger charge is 2.17. The second-order valence-electron chi connectivity index (χ2n) is 4.08. The van der Waals surface area contributed by atoms with Crippen LogP contribution in [0.3, 0.4) is 0 Å². The van der Waals surface area contributed by atoms with E-state index < -0.39 is 17.3 Å². The van der Waals surface area contributed by atoms with Crippen LogP contribution >= 0.6 is 0 Å². The van der Waals surface area contributed by atoms with E-state index >= 15 is 0 Å². The molecular formula is C13H12FNO4. The zero-order valence-electron chi connectivity index (χ0n) is 10.2. The standard InChI is InChI=1S/C13H12FNO4/c1-15(4-5-16)12(17)10-6-8-2-3-9(14)7-11(8)19-13(10)18/h2-3,6-7,16H,4-5H2,1H3. The fourth-order valence-electron chi connectivity index (χ4n) is 1.69. The summed E-state index contributed by atoms with van der Waals surface area (Å²) in [5.41, 5.74) is -0.880. The van der Waals surface area contributed by atoms with E-state index in [-0.39, 0.29) is 24.3 Å². The molecule has 100 valence electrons. The number of carbonyl (C=O) groups excluding carboxylic acids is 1. The van der Waals surface area contributed by atoms with Gasteiger partial charge in [0.1, 0.15) is 17.0 Å². The van der Waals surface area contributed by atoms with Crippen molar-refractivity contribution in [1.82, 2.24) is 4.90 Å². The number of rotatable bonds is 3. The highest BCUT2D eigenvalue weighted by atomic mass is 19.1. The first kappa shape index (κ1) is 13.2. The lowest BCUT2D eigenvalue weighted by Gasteiger charge is -2.14. The molecule has 19 heavy (non-hydrogen) atoms. The number of aliphatic hydroxyl groups excluding tert-OH is 1. The van der Waals surface area contributed by atoms with E-state index in [1.807, 2.05) is 0 Å². The summed E-state index contributed by atoms with van der Waals surface area (Å²) in [5, 5.41) is 9.23. The van der Waals surface area contributed by atoms with Gasteiger partial charge in [0.25, 0.3) is 5.91 Å². The Balaban J connectivity index is 2.50. The van der Waals surface area contributed by atoms with Gasteiger partial charge in [0.15, 0.2) is 0 Å². The first-order chi connectivity index (χ1) is 9.02. The van der Waals surface area contributed by atoms with Gasteiger partial charge in [-0.3, -0.25) is 4.79 Å². The average Bonchev–Trinajstić information content (AvgIpc) is 2.37. The molecule has 1 aromatic heterocycles. The fraction of sp³-hybridized carbons (Fsp3) is 0.231. The number of benzene rings is 1. The number of likely N-dealkylation sites (N-methyl/N-ethyl adjacent to an activating group) is 1.